The van der Waals surface area contributed by atoms with Crippen molar-refractivity contribution < 1.29 is 14.6 Å². The minimum atomic E-state index is -1.11. The Labute approximate surface area is 164 Å². The molecule has 7 nitrogen and oxygen atoms in total. The molecule has 0 bridgehead atoms. The van der Waals surface area contributed by atoms with Gasteiger partial charge < -0.3 is 14.7 Å². The molecule has 1 amide bonds. The highest BCUT2D eigenvalue weighted by Crippen LogP contribution is 2.24. The first kappa shape index (κ1) is 20.1. The number of β-amino-alcohol motifs (C(OH)–C–C–N with tert-alkyl or cyclic N) is 1. The number of nitrogens with zero attached hydrogens (tertiary/aromatic N) is 3. The quantitative estimate of drug-likeness (QED) is 0.845. The van der Waals surface area contributed by atoms with Crippen LogP contribution in [0.3, 0.4) is 0 Å². The Kier molecular flexibility index (Phi) is 5.84. The zero-order valence-corrected chi connectivity index (χ0v) is 16.6. The molecule has 2 aromatic rings. The molecule has 1 aliphatic heterocycles. The van der Waals surface area contributed by atoms with Gasteiger partial charge in [-0.2, -0.15) is 5.10 Å². The summed E-state index contributed by atoms with van der Waals surface area (Å²) >= 11 is 0. The standard InChI is InChI=1S/C21H27N3O4/c1-15-5-7-18(11-16(15)2)28-14-21(27)9-4-10-23(13-21)20(26)12-24-19(25)8-6-17(3)22-24/h5-8,11,27H,4,9-10,12-14H2,1-3H3. The molecule has 28 heavy (non-hydrogen) atoms. The summed E-state index contributed by atoms with van der Waals surface area (Å²) in [6.45, 7) is 6.52. The van der Waals surface area contributed by atoms with E-state index in [9.17, 15) is 14.7 Å². The normalized spacial score (nSPS) is 19.5. The van der Waals surface area contributed by atoms with Crippen LogP contribution in [0.1, 0.15) is 29.7 Å². The van der Waals surface area contributed by atoms with Crippen molar-refractivity contribution >= 4 is 5.91 Å². The number of hydrogen-bond donors (Lipinski definition) is 1. The van der Waals surface area contributed by atoms with Crippen molar-refractivity contribution in [2.75, 3.05) is 19.7 Å². The van der Waals surface area contributed by atoms with Gasteiger partial charge in [0.05, 0.1) is 12.2 Å². The molecule has 0 saturated carbocycles. The van der Waals surface area contributed by atoms with Crippen LogP contribution < -0.4 is 10.3 Å². The van der Waals surface area contributed by atoms with Gasteiger partial charge in [0.2, 0.25) is 5.91 Å². The highest BCUT2D eigenvalue weighted by molar-refractivity contribution is 5.76. The van der Waals surface area contributed by atoms with Gasteiger partial charge in [-0.15, -0.1) is 0 Å². The Bertz CT molecular complexity index is 924. The topological polar surface area (TPSA) is 84.7 Å². The number of ether oxygens (including phenoxy) is 1. The lowest BCUT2D eigenvalue weighted by Gasteiger charge is -2.39. The summed E-state index contributed by atoms with van der Waals surface area (Å²) in [6, 6.07) is 8.83. The summed E-state index contributed by atoms with van der Waals surface area (Å²) in [5, 5.41) is 15.0. The van der Waals surface area contributed by atoms with Crippen molar-refractivity contribution in [2.45, 2.75) is 45.8 Å². The third-order valence-corrected chi connectivity index (χ3v) is 5.18. The first-order valence-electron chi connectivity index (χ1n) is 9.51. The number of hydrogen-bond acceptors (Lipinski definition) is 5. The number of amides is 1. The summed E-state index contributed by atoms with van der Waals surface area (Å²) in [4.78, 5) is 26.1. The molecular weight excluding hydrogens is 358 g/mol. The van der Waals surface area contributed by atoms with Crippen LogP contribution in [-0.2, 0) is 11.3 Å². The maximum atomic E-state index is 12.6. The Morgan fingerprint density at radius 3 is 2.75 bits per heavy atom. The zero-order valence-electron chi connectivity index (χ0n) is 16.6. The molecule has 1 fully saturated rings. The van der Waals surface area contributed by atoms with Crippen LogP contribution in [0.15, 0.2) is 35.1 Å². The molecule has 7 heteroatoms. The molecule has 1 aromatic heterocycles. The minimum Gasteiger partial charge on any atom is -0.491 e. The largest absolute Gasteiger partial charge is 0.491 e. The number of rotatable bonds is 5. The summed E-state index contributed by atoms with van der Waals surface area (Å²) < 4.78 is 6.97. The van der Waals surface area contributed by atoms with Crippen molar-refractivity contribution in [3.8, 4) is 5.75 Å². The molecule has 3 rings (SSSR count). The Morgan fingerprint density at radius 2 is 2.00 bits per heavy atom. The van der Waals surface area contributed by atoms with E-state index in [2.05, 4.69) is 5.10 Å². The number of aromatic nitrogens is 2. The summed E-state index contributed by atoms with van der Waals surface area (Å²) in [5.74, 6) is 0.472. The average Bonchev–Trinajstić information content (AvgIpc) is 2.66. The molecule has 1 N–H and O–H groups in total. The number of benzene rings is 1. The lowest BCUT2D eigenvalue weighted by atomic mass is 9.93. The number of aliphatic hydroxyl groups is 1. The minimum absolute atomic E-state index is 0.113. The number of carbonyl (C=O) groups excluding carboxylic acids is 1. The van der Waals surface area contributed by atoms with Crippen LogP contribution in [0.4, 0.5) is 0 Å². The van der Waals surface area contributed by atoms with Gasteiger partial charge in [0, 0.05) is 12.6 Å². The maximum Gasteiger partial charge on any atom is 0.267 e. The van der Waals surface area contributed by atoms with Gasteiger partial charge in [-0.1, -0.05) is 6.07 Å². The van der Waals surface area contributed by atoms with E-state index in [1.807, 2.05) is 32.0 Å². The molecule has 1 unspecified atom stereocenters. The fourth-order valence-corrected chi connectivity index (χ4v) is 3.36. The zero-order chi connectivity index (χ0) is 20.3. The smallest absolute Gasteiger partial charge is 0.267 e. The molecule has 150 valence electrons. The van der Waals surface area contributed by atoms with E-state index in [-0.39, 0.29) is 31.2 Å². The van der Waals surface area contributed by atoms with Crippen molar-refractivity contribution in [1.82, 2.24) is 14.7 Å². The molecule has 1 atom stereocenters. The third kappa shape index (κ3) is 4.78. The molecule has 1 aliphatic rings. The fraction of sp³-hybridized carbons (Fsp3) is 0.476. The van der Waals surface area contributed by atoms with Crippen molar-refractivity contribution in [1.29, 1.82) is 0 Å². The monoisotopic (exact) mass is 385 g/mol. The maximum absolute atomic E-state index is 12.6. The number of likely N-dealkylation sites (tertiary alicyclic amines) is 1. The SMILES string of the molecule is Cc1ccc(=O)n(CC(=O)N2CCCC(O)(COc3ccc(C)c(C)c3)C2)n1. The van der Waals surface area contributed by atoms with E-state index in [1.165, 1.54) is 11.6 Å². The van der Waals surface area contributed by atoms with Crippen LogP contribution in [-0.4, -0.2) is 51.0 Å². The molecule has 0 radical (unpaired) electrons. The third-order valence-electron chi connectivity index (χ3n) is 5.18. The Morgan fingerprint density at radius 1 is 1.21 bits per heavy atom. The first-order valence-corrected chi connectivity index (χ1v) is 9.51. The molecule has 1 aromatic carbocycles. The average molecular weight is 385 g/mol. The summed E-state index contributed by atoms with van der Waals surface area (Å²) in [6.07, 6.45) is 1.24. The lowest BCUT2D eigenvalue weighted by molar-refractivity contribution is -0.141. The van der Waals surface area contributed by atoms with Gasteiger partial charge in [-0.05, 0) is 62.9 Å². The molecule has 0 spiro atoms. The van der Waals surface area contributed by atoms with Gasteiger partial charge >= 0.3 is 0 Å². The first-order chi connectivity index (χ1) is 13.3. The number of piperidine rings is 1. The van der Waals surface area contributed by atoms with Crippen LogP contribution in [0, 0.1) is 20.8 Å². The van der Waals surface area contributed by atoms with Crippen molar-refractivity contribution in [2.24, 2.45) is 0 Å². The second-order valence-electron chi connectivity index (χ2n) is 7.65. The lowest BCUT2D eigenvalue weighted by Crippen LogP contribution is -2.54. The molecule has 0 aliphatic carbocycles. The number of carbonyl (C=O) groups is 1. The van der Waals surface area contributed by atoms with Crippen LogP contribution in [0.25, 0.3) is 0 Å². The summed E-state index contributed by atoms with van der Waals surface area (Å²) in [7, 11) is 0. The molecule has 2 heterocycles. The van der Waals surface area contributed by atoms with Gasteiger partial charge in [0.15, 0.2) is 0 Å². The molecular formula is C21H27N3O4. The number of aryl methyl sites for hydroxylation is 3. The van der Waals surface area contributed by atoms with Crippen LogP contribution in [0.2, 0.25) is 0 Å². The fourth-order valence-electron chi connectivity index (χ4n) is 3.36. The van der Waals surface area contributed by atoms with Crippen LogP contribution >= 0.6 is 0 Å². The van der Waals surface area contributed by atoms with Gasteiger partial charge in [-0.25, -0.2) is 4.68 Å². The molecule has 1 saturated heterocycles. The van der Waals surface area contributed by atoms with E-state index < -0.39 is 5.60 Å². The van der Waals surface area contributed by atoms with E-state index in [4.69, 9.17) is 4.74 Å². The van der Waals surface area contributed by atoms with Gasteiger partial charge in [0.25, 0.3) is 5.56 Å². The highest BCUT2D eigenvalue weighted by atomic mass is 16.5. The van der Waals surface area contributed by atoms with Crippen LogP contribution in [0.5, 0.6) is 5.75 Å². The van der Waals surface area contributed by atoms with E-state index >= 15 is 0 Å². The Balaban J connectivity index is 1.63. The van der Waals surface area contributed by atoms with E-state index in [0.717, 1.165) is 10.2 Å². The van der Waals surface area contributed by atoms with Gasteiger partial charge in [-0.3, -0.25) is 9.59 Å². The predicted octanol–water partition coefficient (Wildman–Crippen LogP) is 1.60. The van der Waals surface area contributed by atoms with E-state index in [1.54, 1.807) is 17.9 Å². The predicted molar refractivity (Wildman–Crippen MR) is 105 cm³/mol. The van der Waals surface area contributed by atoms with Crippen molar-refractivity contribution in [3.63, 3.8) is 0 Å². The van der Waals surface area contributed by atoms with E-state index in [0.29, 0.717) is 30.8 Å². The highest BCUT2D eigenvalue weighted by Gasteiger charge is 2.36. The Hall–Kier alpha value is -2.67. The van der Waals surface area contributed by atoms with Gasteiger partial charge in [0.1, 0.15) is 24.5 Å². The second-order valence-corrected chi connectivity index (χ2v) is 7.65. The van der Waals surface area contributed by atoms with Crippen molar-refractivity contribution in [3.05, 3.63) is 57.5 Å². The summed E-state index contributed by atoms with van der Waals surface area (Å²) in [5.41, 5.74) is 1.55. The second kappa shape index (κ2) is 8.14.